The van der Waals surface area contributed by atoms with Gasteiger partial charge in [0.05, 0.1) is 0 Å². The first-order chi connectivity index (χ1) is 7.07. The number of anilines is 1. The molecule has 0 aliphatic rings. The van der Waals surface area contributed by atoms with E-state index in [0.717, 1.165) is 13.8 Å². The molecule has 90 valence electrons. The van der Waals surface area contributed by atoms with Crippen molar-refractivity contribution in [3.05, 3.63) is 20.8 Å². The summed E-state index contributed by atoms with van der Waals surface area (Å²) in [5.74, 6) is -0.480. The molecule has 0 aliphatic carbocycles. The largest absolute Gasteiger partial charge is 0.400 e. The zero-order valence-electron chi connectivity index (χ0n) is 8.44. The lowest BCUT2D eigenvalue weighted by molar-refractivity contribution is -0.182. The van der Waals surface area contributed by atoms with Crippen LogP contribution in [0.4, 0.5) is 18.9 Å². The Morgan fingerprint density at radius 3 is 2.25 bits per heavy atom. The summed E-state index contributed by atoms with van der Waals surface area (Å²) >= 11 is 2.83. The number of aromatic amines is 1. The Morgan fingerprint density at radius 2 is 1.88 bits per heavy atom. The fourth-order valence-corrected chi connectivity index (χ4v) is 1.24. The molecule has 0 spiro atoms. The van der Waals surface area contributed by atoms with Crippen LogP contribution in [0.25, 0.3) is 0 Å². The van der Waals surface area contributed by atoms with Crippen LogP contribution in [0.1, 0.15) is 19.7 Å². The van der Waals surface area contributed by atoms with Gasteiger partial charge in [0.1, 0.15) is 21.5 Å². The molecule has 0 aromatic carbocycles. The van der Waals surface area contributed by atoms with Gasteiger partial charge >= 0.3 is 6.18 Å². The molecule has 0 amide bonds. The van der Waals surface area contributed by atoms with Crippen molar-refractivity contribution in [1.29, 1.82) is 0 Å². The average Bonchev–Trinajstić information content (AvgIpc) is 2.11. The van der Waals surface area contributed by atoms with Crippen molar-refractivity contribution in [2.24, 2.45) is 0 Å². The second kappa shape index (κ2) is 3.76. The average molecular weight is 300 g/mol. The van der Waals surface area contributed by atoms with E-state index in [-0.39, 0.29) is 10.3 Å². The van der Waals surface area contributed by atoms with E-state index in [1.165, 1.54) is 0 Å². The van der Waals surface area contributed by atoms with E-state index in [0.29, 0.717) is 0 Å². The van der Waals surface area contributed by atoms with E-state index in [1.807, 2.05) is 4.98 Å². The lowest BCUT2D eigenvalue weighted by atomic mass is 9.91. The van der Waals surface area contributed by atoms with Gasteiger partial charge in [-0.15, -0.1) is 0 Å². The van der Waals surface area contributed by atoms with Gasteiger partial charge in [0.15, 0.2) is 0 Å². The number of rotatable bonds is 1. The van der Waals surface area contributed by atoms with Gasteiger partial charge in [-0.2, -0.15) is 13.2 Å². The highest BCUT2D eigenvalue weighted by molar-refractivity contribution is 9.10. The molecule has 0 atom stereocenters. The summed E-state index contributed by atoms with van der Waals surface area (Å²) in [6.07, 6.45) is -4.52. The first-order valence-corrected chi connectivity index (χ1v) is 4.99. The standard InChI is InChI=1S/C8H9BrF3N3O/c1-7(2,8(10,11)12)6-14-4(9)3(13)5(16)15-6/h13H2,1-2H3,(H,14,15,16). The van der Waals surface area contributed by atoms with Gasteiger partial charge in [-0.1, -0.05) is 0 Å². The second-order valence-electron chi connectivity index (χ2n) is 3.74. The molecule has 1 aromatic heterocycles. The fraction of sp³-hybridized carbons (Fsp3) is 0.500. The van der Waals surface area contributed by atoms with E-state index in [1.54, 1.807) is 0 Å². The summed E-state index contributed by atoms with van der Waals surface area (Å²) in [4.78, 5) is 16.8. The van der Waals surface area contributed by atoms with Crippen LogP contribution in [0.2, 0.25) is 0 Å². The highest BCUT2D eigenvalue weighted by Crippen LogP contribution is 2.38. The number of halogens is 4. The molecule has 0 radical (unpaired) electrons. The third-order valence-electron chi connectivity index (χ3n) is 2.21. The molecule has 0 unspecified atom stereocenters. The number of hydrogen-bond acceptors (Lipinski definition) is 3. The SMILES string of the molecule is CC(C)(c1nc(Br)c(N)c(=O)[nH]1)C(F)(F)F. The van der Waals surface area contributed by atoms with Crippen LogP contribution in [0.3, 0.4) is 0 Å². The molecule has 3 N–H and O–H groups in total. The summed E-state index contributed by atoms with van der Waals surface area (Å²) in [6, 6.07) is 0. The highest BCUT2D eigenvalue weighted by Gasteiger charge is 2.50. The minimum Gasteiger partial charge on any atom is -0.392 e. The van der Waals surface area contributed by atoms with Crippen molar-refractivity contribution < 1.29 is 13.2 Å². The van der Waals surface area contributed by atoms with Crippen LogP contribution in [-0.4, -0.2) is 16.1 Å². The predicted octanol–water partition coefficient (Wildman–Crippen LogP) is 1.95. The van der Waals surface area contributed by atoms with Crippen molar-refractivity contribution >= 4 is 21.6 Å². The van der Waals surface area contributed by atoms with Crippen LogP contribution in [0, 0.1) is 0 Å². The summed E-state index contributed by atoms with van der Waals surface area (Å²) in [5.41, 5.74) is 1.98. The normalized spacial score (nSPS) is 12.9. The maximum Gasteiger partial charge on any atom is 0.400 e. The zero-order valence-corrected chi connectivity index (χ0v) is 10.0. The number of hydrogen-bond donors (Lipinski definition) is 2. The number of aromatic nitrogens is 2. The molecule has 1 heterocycles. The number of nitrogens with zero attached hydrogens (tertiary/aromatic N) is 1. The fourth-order valence-electron chi connectivity index (χ4n) is 0.885. The Bertz CT molecular complexity index is 467. The summed E-state index contributed by atoms with van der Waals surface area (Å²) in [5, 5.41) is 0. The third-order valence-corrected chi connectivity index (χ3v) is 2.81. The maximum atomic E-state index is 12.7. The Kier molecular flexibility index (Phi) is 3.06. The molecule has 1 rings (SSSR count). The monoisotopic (exact) mass is 299 g/mol. The molecule has 1 aromatic rings. The minimum atomic E-state index is -4.52. The van der Waals surface area contributed by atoms with Crippen LogP contribution in [-0.2, 0) is 5.41 Å². The van der Waals surface area contributed by atoms with E-state index in [2.05, 4.69) is 20.9 Å². The topological polar surface area (TPSA) is 71.8 Å². The van der Waals surface area contributed by atoms with Crippen molar-refractivity contribution in [3.63, 3.8) is 0 Å². The molecule has 0 bridgehead atoms. The van der Waals surface area contributed by atoms with Gasteiger partial charge in [0.2, 0.25) is 0 Å². The number of nitrogens with two attached hydrogens (primary N) is 1. The molecule has 4 nitrogen and oxygen atoms in total. The highest BCUT2D eigenvalue weighted by atomic mass is 79.9. The lowest BCUT2D eigenvalue weighted by Gasteiger charge is -2.26. The molecular weight excluding hydrogens is 291 g/mol. The quantitative estimate of drug-likeness (QED) is 0.779. The van der Waals surface area contributed by atoms with Crippen LogP contribution in [0.15, 0.2) is 9.40 Å². The molecule has 8 heteroatoms. The first-order valence-electron chi connectivity index (χ1n) is 4.20. The Balaban J connectivity index is 3.42. The molecule has 16 heavy (non-hydrogen) atoms. The van der Waals surface area contributed by atoms with E-state index >= 15 is 0 Å². The molecule has 0 saturated carbocycles. The van der Waals surface area contributed by atoms with Crippen molar-refractivity contribution in [2.75, 3.05) is 5.73 Å². The summed E-state index contributed by atoms with van der Waals surface area (Å²) in [7, 11) is 0. The maximum absolute atomic E-state index is 12.7. The van der Waals surface area contributed by atoms with Gasteiger partial charge in [-0.05, 0) is 29.8 Å². The molecule has 0 aliphatic heterocycles. The molecular formula is C8H9BrF3N3O. The van der Waals surface area contributed by atoms with Gasteiger partial charge < -0.3 is 10.7 Å². The van der Waals surface area contributed by atoms with Crippen molar-refractivity contribution in [1.82, 2.24) is 9.97 Å². The van der Waals surface area contributed by atoms with Gasteiger partial charge in [-0.25, -0.2) is 4.98 Å². The molecule has 0 fully saturated rings. The summed E-state index contributed by atoms with van der Waals surface area (Å²) < 4.78 is 37.9. The van der Waals surface area contributed by atoms with Gasteiger partial charge in [-0.3, -0.25) is 4.79 Å². The number of H-pyrrole nitrogens is 1. The minimum absolute atomic E-state index is 0.0939. The van der Waals surface area contributed by atoms with E-state index in [4.69, 9.17) is 5.73 Å². The van der Waals surface area contributed by atoms with E-state index < -0.39 is 23.0 Å². The number of alkyl halides is 3. The Hall–Kier alpha value is -1.05. The van der Waals surface area contributed by atoms with Gasteiger partial charge in [0, 0.05) is 0 Å². The number of nitrogen functional groups attached to an aromatic ring is 1. The predicted molar refractivity (Wildman–Crippen MR) is 56.1 cm³/mol. The van der Waals surface area contributed by atoms with Crippen LogP contribution < -0.4 is 11.3 Å². The third kappa shape index (κ3) is 2.06. The van der Waals surface area contributed by atoms with Gasteiger partial charge in [0.25, 0.3) is 5.56 Å². The van der Waals surface area contributed by atoms with Crippen LogP contribution in [0.5, 0.6) is 0 Å². The smallest absolute Gasteiger partial charge is 0.392 e. The molecule has 0 saturated heterocycles. The second-order valence-corrected chi connectivity index (χ2v) is 4.49. The van der Waals surface area contributed by atoms with Crippen molar-refractivity contribution in [2.45, 2.75) is 25.4 Å². The zero-order chi connectivity index (χ0) is 12.7. The lowest BCUT2D eigenvalue weighted by Crippen LogP contribution is -2.39. The Labute approximate surface area is 97.2 Å². The van der Waals surface area contributed by atoms with E-state index in [9.17, 15) is 18.0 Å². The first kappa shape index (κ1) is 13.0. The number of nitrogens with one attached hydrogen (secondary N) is 1. The van der Waals surface area contributed by atoms with Crippen LogP contribution >= 0.6 is 15.9 Å². The van der Waals surface area contributed by atoms with Crippen molar-refractivity contribution in [3.8, 4) is 0 Å². The Morgan fingerprint density at radius 1 is 1.38 bits per heavy atom. The summed E-state index contributed by atoms with van der Waals surface area (Å²) in [6.45, 7) is 1.85.